The fourth-order valence-electron chi connectivity index (χ4n) is 1.75. The summed E-state index contributed by atoms with van der Waals surface area (Å²) in [5.41, 5.74) is 2.42. The molecule has 16 heavy (non-hydrogen) atoms. The van der Waals surface area contributed by atoms with E-state index in [0.717, 1.165) is 23.5 Å². The molecule has 0 aromatic carbocycles. The summed E-state index contributed by atoms with van der Waals surface area (Å²) in [6, 6.07) is 2.86. The molecule has 0 bridgehead atoms. The van der Waals surface area contributed by atoms with E-state index < -0.39 is 0 Å². The first-order valence-corrected chi connectivity index (χ1v) is 7.35. The van der Waals surface area contributed by atoms with Crippen LogP contribution < -0.4 is 5.32 Å². The third-order valence-electron chi connectivity index (χ3n) is 2.97. The third kappa shape index (κ3) is 2.19. The maximum Gasteiger partial charge on any atom is 0.124 e. The van der Waals surface area contributed by atoms with Gasteiger partial charge in [0.25, 0.3) is 0 Å². The van der Waals surface area contributed by atoms with Gasteiger partial charge in [-0.25, -0.2) is 4.98 Å². The average molecular weight is 250 g/mol. The summed E-state index contributed by atoms with van der Waals surface area (Å²) >= 11 is 3.46. The smallest absolute Gasteiger partial charge is 0.124 e. The highest BCUT2D eigenvalue weighted by molar-refractivity contribution is 7.14. The number of thiazole rings is 1. The number of thiophene rings is 1. The number of nitrogens with one attached hydrogen (secondary N) is 1. The van der Waals surface area contributed by atoms with Crippen molar-refractivity contribution in [2.75, 3.05) is 0 Å². The molecule has 1 aliphatic carbocycles. The molecule has 2 aromatic rings. The van der Waals surface area contributed by atoms with E-state index in [4.69, 9.17) is 0 Å². The molecule has 2 atom stereocenters. The van der Waals surface area contributed by atoms with Crippen molar-refractivity contribution in [2.45, 2.75) is 25.9 Å². The Morgan fingerprint density at radius 2 is 2.38 bits per heavy atom. The molecule has 0 saturated heterocycles. The van der Waals surface area contributed by atoms with Gasteiger partial charge in [0, 0.05) is 28.9 Å². The zero-order valence-corrected chi connectivity index (χ0v) is 10.8. The molecule has 0 aliphatic heterocycles. The summed E-state index contributed by atoms with van der Waals surface area (Å²) in [5, 5.41) is 11.1. The fraction of sp³-hybridized carbons (Fsp3) is 0.417. The molecule has 1 fully saturated rings. The van der Waals surface area contributed by atoms with Crippen LogP contribution in [0.25, 0.3) is 10.6 Å². The van der Waals surface area contributed by atoms with Crippen molar-refractivity contribution in [1.82, 2.24) is 10.3 Å². The molecule has 2 nitrogen and oxygen atoms in total. The predicted octanol–water partition coefficient (Wildman–Crippen LogP) is 3.37. The fourth-order valence-corrected chi connectivity index (χ4v) is 3.28. The zero-order valence-electron chi connectivity index (χ0n) is 9.14. The first kappa shape index (κ1) is 10.4. The normalized spacial score (nSPS) is 23.6. The Bertz CT molecular complexity index is 461. The SMILES string of the molecule is CC1CC1NCc1csc(-c2ccsc2)n1. The molecule has 0 amide bonds. The van der Waals surface area contributed by atoms with Gasteiger partial charge in [-0.2, -0.15) is 11.3 Å². The lowest BCUT2D eigenvalue weighted by atomic mass is 10.3. The maximum atomic E-state index is 4.64. The van der Waals surface area contributed by atoms with Crippen molar-refractivity contribution in [3.05, 3.63) is 27.9 Å². The van der Waals surface area contributed by atoms with E-state index in [0.29, 0.717) is 0 Å². The van der Waals surface area contributed by atoms with Gasteiger partial charge in [-0.05, 0) is 23.8 Å². The molecule has 84 valence electrons. The summed E-state index contributed by atoms with van der Waals surface area (Å²) in [4.78, 5) is 4.64. The van der Waals surface area contributed by atoms with Crippen LogP contribution in [0.3, 0.4) is 0 Å². The molecule has 1 aliphatic rings. The number of hydrogen-bond donors (Lipinski definition) is 1. The Labute approximate surface area is 103 Å². The quantitative estimate of drug-likeness (QED) is 0.900. The maximum absolute atomic E-state index is 4.64. The molecule has 2 aromatic heterocycles. The van der Waals surface area contributed by atoms with Crippen molar-refractivity contribution >= 4 is 22.7 Å². The minimum atomic E-state index is 0.728. The predicted molar refractivity (Wildman–Crippen MR) is 69.8 cm³/mol. The van der Waals surface area contributed by atoms with Gasteiger partial charge in [-0.3, -0.25) is 0 Å². The molecule has 4 heteroatoms. The van der Waals surface area contributed by atoms with Gasteiger partial charge >= 0.3 is 0 Å². The van der Waals surface area contributed by atoms with Crippen molar-refractivity contribution < 1.29 is 0 Å². The van der Waals surface area contributed by atoms with Crippen molar-refractivity contribution in [3.63, 3.8) is 0 Å². The molecule has 1 saturated carbocycles. The van der Waals surface area contributed by atoms with Gasteiger partial charge in [0.05, 0.1) is 5.69 Å². The molecule has 1 N–H and O–H groups in total. The molecular weight excluding hydrogens is 236 g/mol. The Hall–Kier alpha value is -0.710. The Kier molecular flexibility index (Phi) is 2.79. The van der Waals surface area contributed by atoms with Crippen LogP contribution >= 0.6 is 22.7 Å². The highest BCUT2D eigenvalue weighted by atomic mass is 32.1. The van der Waals surface area contributed by atoms with Gasteiger partial charge in [0.2, 0.25) is 0 Å². The molecular formula is C12H14N2S2. The van der Waals surface area contributed by atoms with E-state index in [1.165, 1.54) is 17.7 Å². The van der Waals surface area contributed by atoms with E-state index in [-0.39, 0.29) is 0 Å². The van der Waals surface area contributed by atoms with Crippen LogP contribution in [0.5, 0.6) is 0 Å². The first-order valence-electron chi connectivity index (χ1n) is 5.53. The van der Waals surface area contributed by atoms with Gasteiger partial charge < -0.3 is 5.32 Å². The molecule has 0 radical (unpaired) electrons. The van der Waals surface area contributed by atoms with Crippen LogP contribution in [0.2, 0.25) is 0 Å². The summed E-state index contributed by atoms with van der Waals surface area (Å²) in [6.45, 7) is 3.20. The monoisotopic (exact) mass is 250 g/mol. The van der Waals surface area contributed by atoms with E-state index in [1.54, 1.807) is 22.7 Å². The van der Waals surface area contributed by atoms with Crippen LogP contribution in [0.15, 0.2) is 22.2 Å². The highest BCUT2D eigenvalue weighted by Crippen LogP contribution is 2.30. The van der Waals surface area contributed by atoms with Gasteiger partial charge in [-0.15, -0.1) is 11.3 Å². The molecule has 0 spiro atoms. The molecule has 2 unspecified atom stereocenters. The summed E-state index contributed by atoms with van der Waals surface area (Å²) < 4.78 is 0. The van der Waals surface area contributed by atoms with E-state index in [1.807, 2.05) is 0 Å². The van der Waals surface area contributed by atoms with E-state index >= 15 is 0 Å². The van der Waals surface area contributed by atoms with Crippen LogP contribution in [-0.2, 0) is 6.54 Å². The minimum Gasteiger partial charge on any atom is -0.308 e. The lowest BCUT2D eigenvalue weighted by molar-refractivity contribution is 0.645. The second-order valence-electron chi connectivity index (χ2n) is 4.36. The largest absolute Gasteiger partial charge is 0.308 e. The second kappa shape index (κ2) is 4.28. The second-order valence-corrected chi connectivity index (χ2v) is 5.99. The van der Waals surface area contributed by atoms with E-state index in [2.05, 4.69) is 39.4 Å². The van der Waals surface area contributed by atoms with E-state index in [9.17, 15) is 0 Å². The van der Waals surface area contributed by atoms with Gasteiger partial charge in [0.15, 0.2) is 0 Å². The lowest BCUT2D eigenvalue weighted by Crippen LogP contribution is -2.17. The Balaban J connectivity index is 1.64. The van der Waals surface area contributed by atoms with Crippen LogP contribution in [0, 0.1) is 5.92 Å². The Morgan fingerprint density at radius 3 is 3.06 bits per heavy atom. The number of hydrogen-bond acceptors (Lipinski definition) is 4. The summed E-state index contributed by atoms with van der Waals surface area (Å²) in [7, 11) is 0. The van der Waals surface area contributed by atoms with Crippen molar-refractivity contribution in [2.24, 2.45) is 5.92 Å². The third-order valence-corrected chi connectivity index (χ3v) is 4.60. The van der Waals surface area contributed by atoms with Crippen LogP contribution in [-0.4, -0.2) is 11.0 Å². The summed E-state index contributed by atoms with van der Waals surface area (Å²) in [5.74, 6) is 0.856. The minimum absolute atomic E-state index is 0.728. The molecule has 3 rings (SSSR count). The van der Waals surface area contributed by atoms with Gasteiger partial charge in [-0.1, -0.05) is 6.92 Å². The van der Waals surface area contributed by atoms with Crippen LogP contribution in [0.1, 0.15) is 19.0 Å². The molecule has 2 heterocycles. The number of nitrogens with zero attached hydrogens (tertiary/aromatic N) is 1. The highest BCUT2D eigenvalue weighted by Gasteiger charge is 2.31. The average Bonchev–Trinajstić information content (AvgIpc) is 2.82. The lowest BCUT2D eigenvalue weighted by Gasteiger charge is -1.98. The van der Waals surface area contributed by atoms with Crippen molar-refractivity contribution in [3.8, 4) is 10.6 Å². The summed E-state index contributed by atoms with van der Waals surface area (Å²) in [6.07, 6.45) is 1.32. The standard InChI is InChI=1S/C12H14N2S2/c1-8-4-11(8)13-5-10-7-16-12(14-10)9-2-3-15-6-9/h2-3,6-8,11,13H,4-5H2,1H3. The van der Waals surface area contributed by atoms with Crippen LogP contribution in [0.4, 0.5) is 0 Å². The first-order chi connectivity index (χ1) is 7.83. The number of aromatic nitrogens is 1. The number of rotatable bonds is 4. The topological polar surface area (TPSA) is 24.9 Å². The zero-order chi connectivity index (χ0) is 11.0. The van der Waals surface area contributed by atoms with Gasteiger partial charge in [0.1, 0.15) is 5.01 Å². The Morgan fingerprint density at radius 1 is 1.50 bits per heavy atom. The van der Waals surface area contributed by atoms with Crippen molar-refractivity contribution in [1.29, 1.82) is 0 Å².